The van der Waals surface area contributed by atoms with Crippen molar-refractivity contribution < 1.29 is 0 Å². The molecule has 0 nitrogen and oxygen atoms in total. The molecule has 0 spiro atoms. The molecule has 0 fully saturated rings. The topological polar surface area (TPSA) is 0 Å². The molecule has 0 aliphatic rings. The molecule has 0 amide bonds. The molecule has 0 bridgehead atoms. The second-order valence-corrected chi connectivity index (χ2v) is 9.15. The molecular weight excluding hydrogens is 428 g/mol. The van der Waals surface area contributed by atoms with Gasteiger partial charge in [-0.3, -0.25) is 0 Å². The molecule has 1 heteroatoms. The molecule has 0 aliphatic carbocycles. The Hall–Kier alpha value is -1.73. The third-order valence-electron chi connectivity index (χ3n) is 5.21. The average molecular weight is 485 g/mol. The van der Waals surface area contributed by atoms with Crippen molar-refractivity contribution in [2.24, 2.45) is 5.92 Å². The van der Waals surface area contributed by atoms with Crippen molar-refractivity contribution >= 4 is 18.2 Å². The van der Waals surface area contributed by atoms with Crippen molar-refractivity contribution in [2.75, 3.05) is 5.75 Å². The zero-order chi connectivity index (χ0) is 26.6. The predicted molar refractivity (Wildman–Crippen MR) is 166 cm³/mol. The number of unbranched alkanes of at least 4 members (excludes halogenated alkanes) is 6. The van der Waals surface area contributed by atoms with Crippen molar-refractivity contribution in [3.05, 3.63) is 91.6 Å². The maximum Gasteiger partial charge on any atom is -0.00940 e. The van der Waals surface area contributed by atoms with Gasteiger partial charge >= 0.3 is 0 Å². The second kappa shape index (κ2) is 29.3. The Balaban J connectivity index is -0.000000430. The number of hydrogen-bond donors (Lipinski definition) is 1. The highest BCUT2D eigenvalue weighted by Gasteiger charge is 2.02. The molecule has 0 saturated carbocycles. The Morgan fingerprint density at radius 3 is 1.82 bits per heavy atom. The molecule has 0 aromatic heterocycles. The van der Waals surface area contributed by atoms with Crippen LogP contribution in [-0.4, -0.2) is 5.75 Å². The van der Waals surface area contributed by atoms with Crippen molar-refractivity contribution in [1.29, 1.82) is 0 Å². The summed E-state index contributed by atoms with van der Waals surface area (Å²) in [5, 5.41) is 0. The number of benzene rings is 1. The van der Waals surface area contributed by atoms with Gasteiger partial charge in [-0.1, -0.05) is 153 Å². The minimum absolute atomic E-state index is 0.657. The minimum atomic E-state index is 0.657. The summed E-state index contributed by atoms with van der Waals surface area (Å²) in [7, 11) is 0. The van der Waals surface area contributed by atoms with Gasteiger partial charge in [0.05, 0.1) is 0 Å². The second-order valence-electron chi connectivity index (χ2n) is 8.70. The van der Waals surface area contributed by atoms with E-state index in [2.05, 4.69) is 85.7 Å². The largest absolute Gasteiger partial charge is 0.179 e. The molecule has 1 aromatic rings. The summed E-state index contributed by atoms with van der Waals surface area (Å²) >= 11 is 4.15. The zero-order valence-corrected chi connectivity index (χ0v) is 24.4. The van der Waals surface area contributed by atoms with Gasteiger partial charge in [0.25, 0.3) is 0 Å². The molecule has 1 aromatic carbocycles. The smallest absolute Gasteiger partial charge is 0.00940 e. The number of hydrogen-bond acceptors (Lipinski definition) is 1. The lowest BCUT2D eigenvalue weighted by Gasteiger charge is -2.07. The SMILES string of the molecule is C=C(C)C(C)C.C=C/C=C(\C=C)c1ccccc1CC=C.CCCC.CCCCCCCCS. The van der Waals surface area contributed by atoms with E-state index < -0.39 is 0 Å². The lowest BCUT2D eigenvalue weighted by atomic mass is 9.97. The van der Waals surface area contributed by atoms with Gasteiger partial charge in [0.1, 0.15) is 0 Å². The average Bonchev–Trinajstić information content (AvgIpc) is 2.84. The first-order valence-corrected chi connectivity index (χ1v) is 13.8. The van der Waals surface area contributed by atoms with Gasteiger partial charge in [-0.15, -0.1) is 6.58 Å². The fraction of sp³-hybridized carbons (Fsp3) is 0.515. The Labute approximate surface area is 220 Å². The number of allylic oxidation sites excluding steroid dienone is 6. The Kier molecular flexibility index (Phi) is 31.7. The fourth-order valence-electron chi connectivity index (χ4n) is 2.42. The normalized spacial score (nSPS) is 9.94. The standard InChI is InChI=1S/C15H16.C8H18S.C6H12.C4H10/c1-4-9-13(6-3)15-12-8-7-11-14(15)10-5-2;1-2-3-4-5-6-7-8-9;1-5(2)6(3)4;1-3-4-2/h4-9,11-12H,1-3,10H2;9H,2-8H2,1H3;6H,1H2,2-4H3;3-4H2,1-2H3/b13-9+;;;. The number of rotatable bonds is 13. The Morgan fingerprint density at radius 2 is 1.41 bits per heavy atom. The molecule has 0 heterocycles. The third-order valence-corrected chi connectivity index (χ3v) is 5.52. The van der Waals surface area contributed by atoms with Gasteiger partial charge in [0.2, 0.25) is 0 Å². The summed E-state index contributed by atoms with van der Waals surface area (Å²) in [6.45, 7) is 28.0. The molecule has 0 aliphatic heterocycles. The molecule has 0 N–H and O–H groups in total. The van der Waals surface area contributed by atoms with Crippen LogP contribution in [0.5, 0.6) is 0 Å². The molecule has 194 valence electrons. The minimum Gasteiger partial charge on any atom is -0.179 e. The van der Waals surface area contributed by atoms with Crippen molar-refractivity contribution in [2.45, 2.75) is 99.3 Å². The summed E-state index contributed by atoms with van der Waals surface area (Å²) < 4.78 is 0. The maximum absolute atomic E-state index is 4.15. The van der Waals surface area contributed by atoms with Crippen LogP contribution in [0.3, 0.4) is 0 Å². The maximum atomic E-state index is 4.15. The third kappa shape index (κ3) is 24.9. The van der Waals surface area contributed by atoms with E-state index in [1.165, 1.54) is 68.1 Å². The van der Waals surface area contributed by atoms with Crippen LogP contribution in [0.15, 0.2) is 80.5 Å². The Bertz CT molecular complexity index is 640. The quantitative estimate of drug-likeness (QED) is 0.122. The van der Waals surface area contributed by atoms with Gasteiger partial charge in [-0.05, 0) is 48.1 Å². The highest BCUT2D eigenvalue weighted by atomic mass is 32.1. The van der Waals surface area contributed by atoms with E-state index in [1.54, 1.807) is 6.08 Å². The lowest BCUT2D eigenvalue weighted by Crippen LogP contribution is -1.90. The highest BCUT2D eigenvalue weighted by molar-refractivity contribution is 7.80. The van der Waals surface area contributed by atoms with Crippen LogP contribution in [0.2, 0.25) is 0 Å². The first-order chi connectivity index (χ1) is 16.3. The van der Waals surface area contributed by atoms with Crippen LogP contribution in [0.25, 0.3) is 5.57 Å². The van der Waals surface area contributed by atoms with E-state index in [1.807, 2.05) is 37.3 Å². The van der Waals surface area contributed by atoms with Crippen molar-refractivity contribution in [3.8, 4) is 0 Å². The molecule has 0 atom stereocenters. The summed E-state index contributed by atoms with van der Waals surface area (Å²) in [4.78, 5) is 0. The van der Waals surface area contributed by atoms with Gasteiger partial charge in [-0.25, -0.2) is 0 Å². The van der Waals surface area contributed by atoms with E-state index in [0.29, 0.717) is 5.92 Å². The van der Waals surface area contributed by atoms with E-state index in [9.17, 15) is 0 Å². The zero-order valence-electron chi connectivity index (χ0n) is 23.5. The molecule has 0 saturated heterocycles. The summed E-state index contributed by atoms with van der Waals surface area (Å²) in [6.07, 6.45) is 19.3. The first-order valence-electron chi connectivity index (χ1n) is 13.2. The van der Waals surface area contributed by atoms with Crippen molar-refractivity contribution in [1.82, 2.24) is 0 Å². The van der Waals surface area contributed by atoms with Crippen molar-refractivity contribution in [3.63, 3.8) is 0 Å². The van der Waals surface area contributed by atoms with E-state index >= 15 is 0 Å². The molecule has 34 heavy (non-hydrogen) atoms. The monoisotopic (exact) mass is 484 g/mol. The van der Waals surface area contributed by atoms with Crippen LogP contribution in [0, 0.1) is 5.92 Å². The van der Waals surface area contributed by atoms with Crippen LogP contribution in [-0.2, 0) is 6.42 Å². The molecule has 0 radical (unpaired) electrons. The fourth-order valence-corrected chi connectivity index (χ4v) is 2.65. The van der Waals surface area contributed by atoms with Crippen LogP contribution >= 0.6 is 12.6 Å². The van der Waals surface area contributed by atoms with E-state index in [4.69, 9.17) is 0 Å². The summed E-state index contributed by atoms with van der Waals surface area (Å²) in [5.74, 6) is 1.72. The number of thiol groups is 1. The van der Waals surface area contributed by atoms with Crippen LogP contribution in [0.4, 0.5) is 0 Å². The predicted octanol–water partition coefficient (Wildman–Crippen LogP) is 11.5. The molecule has 1 rings (SSSR count). The van der Waals surface area contributed by atoms with Crippen LogP contribution in [0.1, 0.15) is 104 Å². The van der Waals surface area contributed by atoms with Crippen LogP contribution < -0.4 is 0 Å². The molecular formula is C33H56S. The lowest BCUT2D eigenvalue weighted by molar-refractivity contribution is 0.627. The highest BCUT2D eigenvalue weighted by Crippen LogP contribution is 2.20. The van der Waals surface area contributed by atoms with Gasteiger partial charge in [0.15, 0.2) is 0 Å². The summed E-state index contributed by atoms with van der Waals surface area (Å²) in [5.41, 5.74) is 4.82. The van der Waals surface area contributed by atoms with E-state index in [0.717, 1.165) is 17.7 Å². The van der Waals surface area contributed by atoms with Gasteiger partial charge in [0, 0.05) is 0 Å². The van der Waals surface area contributed by atoms with Gasteiger partial charge in [-0.2, -0.15) is 12.6 Å². The summed E-state index contributed by atoms with van der Waals surface area (Å²) in [6, 6.07) is 8.27. The Morgan fingerprint density at radius 1 is 0.882 bits per heavy atom. The van der Waals surface area contributed by atoms with E-state index in [-0.39, 0.29) is 0 Å². The van der Waals surface area contributed by atoms with Gasteiger partial charge < -0.3 is 0 Å². The first kappa shape index (κ1) is 36.8. The molecule has 0 unspecified atom stereocenters.